The molecule has 1 heterocycles. The van der Waals surface area contributed by atoms with Crippen LogP contribution < -0.4 is 14.8 Å². The van der Waals surface area contributed by atoms with Crippen LogP contribution in [-0.4, -0.2) is 25.1 Å². The Morgan fingerprint density at radius 3 is 2.39 bits per heavy atom. The van der Waals surface area contributed by atoms with Crippen LogP contribution in [-0.2, 0) is 6.18 Å². The number of aromatic nitrogens is 1. The van der Waals surface area contributed by atoms with Crippen molar-refractivity contribution in [3.63, 3.8) is 0 Å². The van der Waals surface area contributed by atoms with E-state index in [1.807, 2.05) is 0 Å². The molecule has 0 saturated carbocycles. The van der Waals surface area contributed by atoms with Gasteiger partial charge in [-0.2, -0.15) is 13.2 Å². The number of alkyl halides is 3. The number of rotatable bonds is 5. The fourth-order valence-corrected chi connectivity index (χ4v) is 3.32. The van der Waals surface area contributed by atoms with Crippen LogP contribution in [0.1, 0.15) is 16.1 Å². The third kappa shape index (κ3) is 4.09. The van der Waals surface area contributed by atoms with Crippen LogP contribution in [0.2, 0.25) is 0 Å². The lowest BCUT2D eigenvalue weighted by Crippen LogP contribution is -2.12. The highest BCUT2D eigenvalue weighted by Gasteiger charge is 2.30. The number of hydrogen-bond acceptors (Lipinski definition) is 5. The second-order valence-corrected chi connectivity index (χ2v) is 6.47. The van der Waals surface area contributed by atoms with Crippen molar-refractivity contribution in [1.82, 2.24) is 4.98 Å². The number of nitrogens with zero attached hydrogens (tertiary/aromatic N) is 1. The van der Waals surface area contributed by atoms with Gasteiger partial charge in [-0.15, -0.1) is 11.3 Å². The van der Waals surface area contributed by atoms with E-state index in [0.717, 1.165) is 12.1 Å². The van der Waals surface area contributed by atoms with E-state index in [4.69, 9.17) is 9.47 Å². The number of nitrogens with one attached hydrogen (secondary N) is 1. The molecule has 5 nitrogen and oxygen atoms in total. The van der Waals surface area contributed by atoms with Gasteiger partial charge < -0.3 is 14.8 Å². The molecular weight excluding hydrogens is 393 g/mol. The van der Waals surface area contributed by atoms with E-state index in [1.165, 1.54) is 37.7 Å². The fourth-order valence-electron chi connectivity index (χ4n) is 2.49. The molecule has 3 rings (SSSR count). The molecule has 0 aliphatic heterocycles. The third-order valence-electron chi connectivity index (χ3n) is 3.84. The smallest absolute Gasteiger partial charge is 0.416 e. The molecule has 0 aliphatic rings. The number of amides is 1. The number of hydrogen-bond donors (Lipinski definition) is 1. The summed E-state index contributed by atoms with van der Waals surface area (Å²) in [5.74, 6) is 0.504. The number of halogens is 3. The van der Waals surface area contributed by atoms with Crippen LogP contribution >= 0.6 is 11.3 Å². The predicted molar refractivity (Wildman–Crippen MR) is 100 cm³/mol. The van der Waals surface area contributed by atoms with Crippen LogP contribution in [0.25, 0.3) is 10.6 Å². The number of anilines is 1. The minimum Gasteiger partial charge on any atom is -0.493 e. The molecule has 1 aromatic heterocycles. The number of carbonyl (C=O) groups excluding carboxylic acids is 1. The summed E-state index contributed by atoms with van der Waals surface area (Å²) in [7, 11) is 3.03. The summed E-state index contributed by atoms with van der Waals surface area (Å²) >= 11 is 1.24. The Morgan fingerprint density at radius 2 is 1.79 bits per heavy atom. The molecule has 0 saturated heterocycles. The summed E-state index contributed by atoms with van der Waals surface area (Å²) in [6.45, 7) is 0. The molecule has 2 aromatic carbocycles. The molecule has 0 unspecified atom stereocenters. The van der Waals surface area contributed by atoms with Gasteiger partial charge >= 0.3 is 6.18 Å². The third-order valence-corrected chi connectivity index (χ3v) is 4.72. The molecule has 0 fully saturated rings. The van der Waals surface area contributed by atoms with Gasteiger partial charge in [-0.05, 0) is 36.4 Å². The SMILES string of the molecule is COc1cccc(-c2nc(C(=O)Nc3ccc(C(F)(F)F)cc3)cs2)c1OC. The van der Waals surface area contributed by atoms with E-state index in [9.17, 15) is 18.0 Å². The Morgan fingerprint density at radius 1 is 1.07 bits per heavy atom. The Labute approximate surface area is 162 Å². The molecule has 0 spiro atoms. The first-order chi connectivity index (χ1) is 13.3. The van der Waals surface area contributed by atoms with E-state index < -0.39 is 17.6 Å². The molecule has 1 amide bonds. The lowest BCUT2D eigenvalue weighted by atomic mass is 10.2. The molecule has 0 radical (unpaired) electrons. The molecule has 1 N–H and O–H groups in total. The highest BCUT2D eigenvalue weighted by Crippen LogP contribution is 2.39. The maximum atomic E-state index is 12.6. The zero-order chi connectivity index (χ0) is 20.3. The zero-order valence-corrected chi connectivity index (χ0v) is 15.6. The van der Waals surface area contributed by atoms with Gasteiger partial charge in [-0.3, -0.25) is 4.79 Å². The molecule has 0 aliphatic carbocycles. The second-order valence-electron chi connectivity index (χ2n) is 5.61. The van der Waals surface area contributed by atoms with Crippen LogP contribution in [0.15, 0.2) is 47.8 Å². The second kappa shape index (κ2) is 7.89. The van der Waals surface area contributed by atoms with E-state index in [-0.39, 0.29) is 11.4 Å². The summed E-state index contributed by atoms with van der Waals surface area (Å²) < 4.78 is 48.5. The highest BCUT2D eigenvalue weighted by atomic mass is 32.1. The molecule has 3 aromatic rings. The lowest BCUT2D eigenvalue weighted by Gasteiger charge is -2.10. The van der Waals surface area contributed by atoms with E-state index >= 15 is 0 Å². The van der Waals surface area contributed by atoms with Crippen molar-refractivity contribution in [2.24, 2.45) is 0 Å². The Kier molecular flexibility index (Phi) is 5.55. The summed E-state index contributed by atoms with van der Waals surface area (Å²) in [5.41, 5.74) is 0.267. The number of methoxy groups -OCH3 is 2. The van der Waals surface area contributed by atoms with Gasteiger partial charge in [0, 0.05) is 11.1 Å². The van der Waals surface area contributed by atoms with Crippen LogP contribution in [0.4, 0.5) is 18.9 Å². The van der Waals surface area contributed by atoms with E-state index in [1.54, 1.807) is 23.6 Å². The van der Waals surface area contributed by atoms with Crippen molar-refractivity contribution in [3.8, 4) is 22.1 Å². The predicted octanol–water partition coefficient (Wildman–Crippen LogP) is 5.10. The summed E-state index contributed by atoms with van der Waals surface area (Å²) in [5, 5.41) is 4.65. The van der Waals surface area contributed by atoms with Crippen molar-refractivity contribution in [3.05, 3.63) is 59.1 Å². The number of ether oxygens (including phenoxy) is 2. The molecule has 0 bridgehead atoms. The first kappa shape index (κ1) is 19.7. The Balaban J connectivity index is 1.80. The van der Waals surface area contributed by atoms with Crippen molar-refractivity contribution >= 4 is 22.9 Å². The van der Waals surface area contributed by atoms with Gasteiger partial charge in [-0.25, -0.2) is 4.98 Å². The van der Waals surface area contributed by atoms with Crippen molar-refractivity contribution < 1.29 is 27.4 Å². The van der Waals surface area contributed by atoms with Gasteiger partial charge in [0.15, 0.2) is 11.5 Å². The number of para-hydroxylation sites is 1. The molecular formula is C19H15F3N2O3S. The molecule has 0 atom stereocenters. The van der Waals surface area contributed by atoms with Gasteiger partial charge in [0.05, 0.1) is 25.3 Å². The number of carbonyl (C=O) groups is 1. The molecule has 146 valence electrons. The standard InChI is InChI=1S/C19H15F3N2O3S/c1-26-15-5-3-4-13(16(15)27-2)18-24-14(10-28-18)17(25)23-12-8-6-11(7-9-12)19(20,21)22/h3-10H,1-2H3,(H,23,25). The topological polar surface area (TPSA) is 60.5 Å². The lowest BCUT2D eigenvalue weighted by molar-refractivity contribution is -0.137. The average Bonchev–Trinajstić information content (AvgIpc) is 3.17. The summed E-state index contributed by atoms with van der Waals surface area (Å²) in [4.78, 5) is 16.7. The van der Waals surface area contributed by atoms with E-state index in [0.29, 0.717) is 22.1 Å². The van der Waals surface area contributed by atoms with Crippen LogP contribution in [0.3, 0.4) is 0 Å². The monoisotopic (exact) mass is 408 g/mol. The van der Waals surface area contributed by atoms with Gasteiger partial charge in [-0.1, -0.05) is 6.07 Å². The normalized spacial score (nSPS) is 11.2. The quantitative estimate of drug-likeness (QED) is 0.638. The maximum absolute atomic E-state index is 12.6. The largest absolute Gasteiger partial charge is 0.493 e. The number of benzene rings is 2. The average molecular weight is 408 g/mol. The molecule has 9 heteroatoms. The fraction of sp³-hybridized carbons (Fsp3) is 0.158. The van der Waals surface area contributed by atoms with E-state index in [2.05, 4.69) is 10.3 Å². The van der Waals surface area contributed by atoms with Gasteiger partial charge in [0.2, 0.25) is 0 Å². The van der Waals surface area contributed by atoms with Gasteiger partial charge in [0.25, 0.3) is 5.91 Å². The first-order valence-corrected chi connectivity index (χ1v) is 8.87. The van der Waals surface area contributed by atoms with Crippen molar-refractivity contribution in [2.45, 2.75) is 6.18 Å². The Hall–Kier alpha value is -3.07. The van der Waals surface area contributed by atoms with Crippen molar-refractivity contribution in [2.75, 3.05) is 19.5 Å². The highest BCUT2D eigenvalue weighted by molar-refractivity contribution is 7.13. The molecule has 28 heavy (non-hydrogen) atoms. The summed E-state index contributed by atoms with van der Waals surface area (Å²) in [6, 6.07) is 9.51. The van der Waals surface area contributed by atoms with Crippen LogP contribution in [0.5, 0.6) is 11.5 Å². The minimum atomic E-state index is -4.43. The minimum absolute atomic E-state index is 0.143. The summed E-state index contributed by atoms with van der Waals surface area (Å²) in [6.07, 6.45) is -4.43. The van der Waals surface area contributed by atoms with Crippen molar-refractivity contribution in [1.29, 1.82) is 0 Å². The number of thiazole rings is 1. The Bertz CT molecular complexity index is 985. The van der Waals surface area contributed by atoms with Gasteiger partial charge in [0.1, 0.15) is 10.7 Å². The maximum Gasteiger partial charge on any atom is 0.416 e. The van der Waals surface area contributed by atoms with Crippen LogP contribution in [0, 0.1) is 0 Å². The zero-order valence-electron chi connectivity index (χ0n) is 14.8. The first-order valence-electron chi connectivity index (χ1n) is 7.99.